The molecule has 2 heterocycles. The summed E-state index contributed by atoms with van der Waals surface area (Å²) in [6.45, 7) is 2.79. The van der Waals surface area contributed by atoms with Gasteiger partial charge in [0, 0.05) is 44.8 Å². The van der Waals surface area contributed by atoms with Gasteiger partial charge in [0.2, 0.25) is 0 Å². The highest BCUT2D eigenvalue weighted by atomic mass is 16.5. The Kier molecular flexibility index (Phi) is 5.21. The van der Waals surface area contributed by atoms with E-state index >= 15 is 0 Å². The summed E-state index contributed by atoms with van der Waals surface area (Å²) in [5, 5.41) is 3.22. The molecule has 1 fully saturated rings. The first-order chi connectivity index (χ1) is 13.1. The first kappa shape index (κ1) is 18.1. The zero-order valence-corrected chi connectivity index (χ0v) is 16.3. The van der Waals surface area contributed by atoms with Gasteiger partial charge in [-0.05, 0) is 42.2 Å². The highest BCUT2D eigenvalue weighted by molar-refractivity contribution is 5.93. The molecule has 1 aromatic heterocycles. The lowest BCUT2D eigenvalue weighted by Crippen LogP contribution is -2.34. The van der Waals surface area contributed by atoms with Crippen LogP contribution in [0.15, 0.2) is 30.3 Å². The number of hydrogen-bond donors (Lipinski definition) is 1. The first-order valence-corrected chi connectivity index (χ1v) is 9.97. The fraction of sp³-hybridized carbons (Fsp3) is 0.500. The number of benzene rings is 1. The molecule has 5 nitrogen and oxygen atoms in total. The Hall–Kier alpha value is -2.27. The van der Waals surface area contributed by atoms with Crippen LogP contribution in [0, 0.1) is 0 Å². The molecule has 0 saturated heterocycles. The number of fused-ring (bicyclic) bond motifs is 1. The Morgan fingerprint density at radius 2 is 2.07 bits per heavy atom. The number of amides is 1. The smallest absolute Gasteiger partial charge is 0.268 e. The van der Waals surface area contributed by atoms with Crippen LogP contribution >= 0.6 is 0 Å². The van der Waals surface area contributed by atoms with E-state index in [-0.39, 0.29) is 5.91 Å². The van der Waals surface area contributed by atoms with Gasteiger partial charge < -0.3 is 14.6 Å². The van der Waals surface area contributed by atoms with Crippen LogP contribution in [-0.2, 0) is 26.6 Å². The van der Waals surface area contributed by atoms with E-state index in [1.165, 1.54) is 29.7 Å². The molecule has 0 unspecified atom stereocenters. The van der Waals surface area contributed by atoms with E-state index in [1.807, 2.05) is 19.2 Å². The number of methoxy groups -OCH3 is 1. The van der Waals surface area contributed by atoms with Crippen molar-refractivity contribution in [2.24, 2.45) is 7.05 Å². The van der Waals surface area contributed by atoms with Gasteiger partial charge in [0.1, 0.15) is 11.4 Å². The summed E-state index contributed by atoms with van der Waals surface area (Å²) in [5.41, 5.74) is 4.64. The minimum atomic E-state index is 0.0816. The van der Waals surface area contributed by atoms with Gasteiger partial charge in [-0.15, -0.1) is 0 Å². The van der Waals surface area contributed by atoms with Crippen LogP contribution in [0.2, 0.25) is 0 Å². The topological polar surface area (TPSA) is 46.5 Å². The maximum Gasteiger partial charge on any atom is 0.268 e. The van der Waals surface area contributed by atoms with E-state index in [1.54, 1.807) is 7.11 Å². The summed E-state index contributed by atoms with van der Waals surface area (Å²) in [4.78, 5) is 15.2. The minimum absolute atomic E-state index is 0.0816. The number of rotatable bonds is 5. The molecule has 1 aliphatic carbocycles. The van der Waals surface area contributed by atoms with Gasteiger partial charge in [-0.1, -0.05) is 25.0 Å². The Bertz CT molecular complexity index is 821. The third kappa shape index (κ3) is 3.88. The maximum absolute atomic E-state index is 12.7. The third-order valence-electron chi connectivity index (χ3n) is 5.97. The fourth-order valence-electron chi connectivity index (χ4n) is 4.47. The van der Waals surface area contributed by atoms with E-state index in [2.05, 4.69) is 33.0 Å². The number of nitrogens with one attached hydrogen (secondary N) is 1. The van der Waals surface area contributed by atoms with Crippen molar-refractivity contribution < 1.29 is 9.53 Å². The molecule has 4 rings (SSSR count). The van der Waals surface area contributed by atoms with Gasteiger partial charge >= 0.3 is 0 Å². The predicted molar refractivity (Wildman–Crippen MR) is 106 cm³/mol. The van der Waals surface area contributed by atoms with Gasteiger partial charge in [-0.2, -0.15) is 0 Å². The van der Waals surface area contributed by atoms with Crippen LogP contribution in [0.25, 0.3) is 0 Å². The number of hydrogen-bond acceptors (Lipinski definition) is 3. The Morgan fingerprint density at radius 3 is 2.85 bits per heavy atom. The molecule has 2 aromatic rings. The second-order valence-corrected chi connectivity index (χ2v) is 7.83. The van der Waals surface area contributed by atoms with Gasteiger partial charge in [-0.25, -0.2) is 0 Å². The summed E-state index contributed by atoms with van der Waals surface area (Å²) >= 11 is 0. The molecule has 0 bridgehead atoms. The van der Waals surface area contributed by atoms with Crippen LogP contribution in [-0.4, -0.2) is 35.1 Å². The second-order valence-electron chi connectivity index (χ2n) is 7.83. The van der Waals surface area contributed by atoms with E-state index in [0.717, 1.165) is 50.3 Å². The zero-order valence-electron chi connectivity index (χ0n) is 16.3. The van der Waals surface area contributed by atoms with Crippen LogP contribution < -0.4 is 10.1 Å². The molecular weight excluding hydrogens is 338 g/mol. The summed E-state index contributed by atoms with van der Waals surface area (Å²) in [6.07, 6.45) is 5.67. The summed E-state index contributed by atoms with van der Waals surface area (Å²) in [5.74, 6) is 0.980. The normalized spacial score (nSPS) is 17.7. The number of carbonyl (C=O) groups excluding carboxylic acids is 1. The van der Waals surface area contributed by atoms with E-state index in [0.29, 0.717) is 6.04 Å². The lowest BCUT2D eigenvalue weighted by molar-refractivity contribution is 0.0929. The third-order valence-corrected chi connectivity index (χ3v) is 5.97. The monoisotopic (exact) mass is 367 g/mol. The zero-order chi connectivity index (χ0) is 18.8. The van der Waals surface area contributed by atoms with Crippen LogP contribution in [0.5, 0.6) is 5.75 Å². The first-order valence-electron chi connectivity index (χ1n) is 9.97. The summed E-state index contributed by atoms with van der Waals surface area (Å²) in [6, 6.07) is 10.7. The molecular formula is C22H29N3O2. The van der Waals surface area contributed by atoms with Gasteiger partial charge in [0.25, 0.3) is 5.91 Å². The van der Waals surface area contributed by atoms with E-state index in [9.17, 15) is 4.79 Å². The highest BCUT2D eigenvalue weighted by Gasteiger charge is 2.25. The number of nitrogens with zero attached hydrogens (tertiary/aromatic N) is 2. The summed E-state index contributed by atoms with van der Waals surface area (Å²) in [7, 11) is 3.73. The molecule has 0 spiro atoms. The van der Waals surface area contributed by atoms with Gasteiger partial charge in [0.15, 0.2) is 0 Å². The lowest BCUT2D eigenvalue weighted by Gasteiger charge is -2.27. The molecule has 144 valence electrons. The number of carbonyl (C=O) groups is 1. The van der Waals surface area contributed by atoms with Gasteiger partial charge in [-0.3, -0.25) is 9.69 Å². The van der Waals surface area contributed by atoms with Gasteiger partial charge in [0.05, 0.1) is 7.11 Å². The predicted octanol–water partition coefficient (Wildman–Crippen LogP) is 3.26. The van der Waals surface area contributed by atoms with Crippen LogP contribution in [0.4, 0.5) is 0 Å². The summed E-state index contributed by atoms with van der Waals surface area (Å²) < 4.78 is 7.43. The fourth-order valence-corrected chi connectivity index (χ4v) is 4.47. The molecule has 2 aliphatic rings. The second kappa shape index (κ2) is 7.77. The van der Waals surface area contributed by atoms with Crippen molar-refractivity contribution in [1.82, 2.24) is 14.8 Å². The molecule has 5 heteroatoms. The van der Waals surface area contributed by atoms with Crippen molar-refractivity contribution in [3.8, 4) is 5.75 Å². The van der Waals surface area contributed by atoms with Crippen molar-refractivity contribution in [1.29, 1.82) is 0 Å². The average molecular weight is 367 g/mol. The van der Waals surface area contributed by atoms with Crippen LogP contribution in [0.3, 0.4) is 0 Å². The Morgan fingerprint density at radius 1 is 1.26 bits per heavy atom. The van der Waals surface area contributed by atoms with Crippen LogP contribution in [0.1, 0.15) is 53.0 Å². The molecule has 1 N–H and O–H groups in total. The van der Waals surface area contributed by atoms with E-state index < -0.39 is 0 Å². The van der Waals surface area contributed by atoms with E-state index in [4.69, 9.17) is 4.74 Å². The van der Waals surface area contributed by atoms with Crippen molar-refractivity contribution >= 4 is 5.91 Å². The molecule has 1 amide bonds. The lowest BCUT2D eigenvalue weighted by atomic mass is 10.1. The molecule has 1 aromatic carbocycles. The van der Waals surface area contributed by atoms with Crippen molar-refractivity contribution in [3.05, 3.63) is 52.8 Å². The van der Waals surface area contributed by atoms with Crippen molar-refractivity contribution in [2.75, 3.05) is 13.7 Å². The Balaban J connectivity index is 1.45. The quantitative estimate of drug-likeness (QED) is 0.882. The van der Waals surface area contributed by atoms with Crippen molar-refractivity contribution in [3.63, 3.8) is 0 Å². The highest BCUT2D eigenvalue weighted by Crippen LogP contribution is 2.25. The average Bonchev–Trinajstić information content (AvgIpc) is 3.30. The number of aromatic nitrogens is 1. The molecule has 1 saturated carbocycles. The Labute approximate surface area is 161 Å². The van der Waals surface area contributed by atoms with Crippen molar-refractivity contribution in [2.45, 2.75) is 51.2 Å². The molecule has 0 atom stereocenters. The standard InChI is InChI=1S/C22H29N3O2/c1-24-20-10-11-25(14-16-6-5-9-19(12-16)27-2)15-17(20)13-21(24)22(26)23-18-7-3-4-8-18/h5-6,9,12-13,18H,3-4,7-8,10-11,14-15H2,1-2H3,(H,23,26). The minimum Gasteiger partial charge on any atom is -0.497 e. The largest absolute Gasteiger partial charge is 0.497 e. The molecule has 0 radical (unpaired) electrons. The maximum atomic E-state index is 12.7. The SMILES string of the molecule is COc1cccc(CN2CCc3c(cc(C(=O)NC4CCCC4)n3C)C2)c1. The number of ether oxygens (including phenoxy) is 1. The molecule has 27 heavy (non-hydrogen) atoms. The molecule has 1 aliphatic heterocycles.